The minimum atomic E-state index is -0.0361. The highest BCUT2D eigenvalue weighted by molar-refractivity contribution is 5.54. The third kappa shape index (κ3) is 1.68. The number of aromatic hydroxyl groups is 2. The first-order chi connectivity index (χ1) is 6.49. The van der Waals surface area contributed by atoms with Crippen molar-refractivity contribution in [1.82, 2.24) is 0 Å². The Kier molecular flexibility index (Phi) is 3.01. The molecule has 0 saturated carbocycles. The topological polar surface area (TPSA) is 66.5 Å². The molecule has 1 rings (SSSR count). The molecule has 0 heterocycles. The zero-order valence-electron chi connectivity index (χ0n) is 8.83. The summed E-state index contributed by atoms with van der Waals surface area (Å²) < 4.78 is 0. The second kappa shape index (κ2) is 3.88. The van der Waals surface area contributed by atoms with Crippen molar-refractivity contribution in [1.29, 1.82) is 0 Å². The molecule has 0 bridgehead atoms. The molecule has 3 heteroatoms. The van der Waals surface area contributed by atoms with Gasteiger partial charge in [0, 0.05) is 5.56 Å². The van der Waals surface area contributed by atoms with E-state index in [1.54, 1.807) is 6.92 Å². The van der Waals surface area contributed by atoms with Gasteiger partial charge in [0.1, 0.15) is 0 Å². The molecule has 0 saturated heterocycles. The lowest BCUT2D eigenvalue weighted by Gasteiger charge is -2.15. The SMILES string of the molecule is Cc1cc(C(C)CN)c(O)c(O)c1C. The van der Waals surface area contributed by atoms with E-state index in [9.17, 15) is 10.2 Å². The number of hydrogen-bond acceptors (Lipinski definition) is 3. The van der Waals surface area contributed by atoms with Gasteiger partial charge in [-0.2, -0.15) is 0 Å². The molecule has 4 N–H and O–H groups in total. The summed E-state index contributed by atoms with van der Waals surface area (Å²) in [6.07, 6.45) is 0. The summed E-state index contributed by atoms with van der Waals surface area (Å²) in [5.41, 5.74) is 7.92. The largest absolute Gasteiger partial charge is 0.504 e. The van der Waals surface area contributed by atoms with Crippen LogP contribution in [0.3, 0.4) is 0 Å². The quantitative estimate of drug-likeness (QED) is 0.630. The molecule has 0 aromatic heterocycles. The van der Waals surface area contributed by atoms with Gasteiger partial charge in [0.2, 0.25) is 0 Å². The predicted molar refractivity (Wildman–Crippen MR) is 56.7 cm³/mol. The minimum absolute atomic E-state index is 0.0275. The Hall–Kier alpha value is -1.22. The highest BCUT2D eigenvalue weighted by Crippen LogP contribution is 2.37. The fourth-order valence-electron chi connectivity index (χ4n) is 1.41. The van der Waals surface area contributed by atoms with Crippen LogP contribution in [0.2, 0.25) is 0 Å². The Balaban J connectivity index is 3.33. The fraction of sp³-hybridized carbons (Fsp3) is 0.455. The molecule has 1 atom stereocenters. The molecule has 3 nitrogen and oxygen atoms in total. The Morgan fingerprint density at radius 3 is 2.36 bits per heavy atom. The third-order valence-corrected chi connectivity index (χ3v) is 2.70. The van der Waals surface area contributed by atoms with E-state index in [-0.39, 0.29) is 17.4 Å². The second-order valence-corrected chi connectivity index (χ2v) is 3.74. The number of nitrogens with two attached hydrogens (primary N) is 1. The van der Waals surface area contributed by atoms with E-state index in [2.05, 4.69) is 0 Å². The van der Waals surface area contributed by atoms with Crippen molar-refractivity contribution in [3.63, 3.8) is 0 Å². The predicted octanol–water partition coefficient (Wildman–Crippen LogP) is 1.78. The van der Waals surface area contributed by atoms with E-state index >= 15 is 0 Å². The maximum atomic E-state index is 9.70. The van der Waals surface area contributed by atoms with Crippen LogP contribution in [0.1, 0.15) is 29.5 Å². The number of phenols is 2. The van der Waals surface area contributed by atoms with Gasteiger partial charge in [0.15, 0.2) is 11.5 Å². The van der Waals surface area contributed by atoms with Crippen molar-refractivity contribution < 1.29 is 10.2 Å². The number of hydrogen-bond donors (Lipinski definition) is 3. The Morgan fingerprint density at radius 1 is 1.29 bits per heavy atom. The molecule has 0 aliphatic heterocycles. The van der Waals surface area contributed by atoms with E-state index in [0.29, 0.717) is 12.1 Å². The summed E-state index contributed by atoms with van der Waals surface area (Å²) in [6.45, 7) is 6.06. The molecule has 0 fully saturated rings. The number of aryl methyl sites for hydroxylation is 1. The van der Waals surface area contributed by atoms with Crippen molar-refractivity contribution in [2.45, 2.75) is 26.7 Å². The molecule has 78 valence electrons. The number of rotatable bonds is 2. The summed E-state index contributed by atoms with van der Waals surface area (Å²) in [7, 11) is 0. The lowest BCUT2D eigenvalue weighted by molar-refractivity contribution is 0.394. The van der Waals surface area contributed by atoms with Gasteiger partial charge in [-0.05, 0) is 37.4 Å². The van der Waals surface area contributed by atoms with Crippen LogP contribution in [0.4, 0.5) is 0 Å². The monoisotopic (exact) mass is 195 g/mol. The highest BCUT2D eigenvalue weighted by atomic mass is 16.3. The Bertz CT molecular complexity index is 348. The van der Waals surface area contributed by atoms with Crippen LogP contribution >= 0.6 is 0 Å². The molecule has 0 radical (unpaired) electrons. The first-order valence-electron chi connectivity index (χ1n) is 4.71. The molecule has 0 aliphatic carbocycles. The summed E-state index contributed by atoms with van der Waals surface area (Å²) in [5.74, 6) is -0.00782. The average Bonchev–Trinajstić information content (AvgIpc) is 2.19. The van der Waals surface area contributed by atoms with Crippen LogP contribution in [0.5, 0.6) is 11.5 Å². The van der Waals surface area contributed by atoms with Crippen molar-refractivity contribution >= 4 is 0 Å². The van der Waals surface area contributed by atoms with Crippen molar-refractivity contribution in [2.24, 2.45) is 5.73 Å². The van der Waals surface area contributed by atoms with Crippen molar-refractivity contribution in [3.05, 3.63) is 22.8 Å². The highest BCUT2D eigenvalue weighted by Gasteiger charge is 2.15. The molecule has 1 aromatic rings. The van der Waals surface area contributed by atoms with Gasteiger partial charge in [-0.1, -0.05) is 13.0 Å². The van der Waals surface area contributed by atoms with E-state index in [1.807, 2.05) is 19.9 Å². The summed E-state index contributed by atoms with van der Waals surface area (Å²) in [5, 5.41) is 19.3. The number of benzene rings is 1. The molecule has 1 aromatic carbocycles. The molecule has 1 unspecified atom stereocenters. The van der Waals surface area contributed by atoms with Crippen molar-refractivity contribution in [2.75, 3.05) is 6.54 Å². The van der Waals surface area contributed by atoms with Crippen molar-refractivity contribution in [3.8, 4) is 11.5 Å². The average molecular weight is 195 g/mol. The summed E-state index contributed by atoms with van der Waals surface area (Å²) >= 11 is 0. The van der Waals surface area contributed by atoms with Gasteiger partial charge in [-0.15, -0.1) is 0 Å². The van der Waals surface area contributed by atoms with Crippen LogP contribution in [0.15, 0.2) is 6.07 Å². The zero-order valence-corrected chi connectivity index (χ0v) is 8.83. The first-order valence-corrected chi connectivity index (χ1v) is 4.71. The smallest absolute Gasteiger partial charge is 0.161 e. The van der Waals surface area contributed by atoms with Crippen LogP contribution in [0, 0.1) is 13.8 Å². The first kappa shape index (κ1) is 10.9. The maximum Gasteiger partial charge on any atom is 0.161 e. The molecular formula is C11H17NO2. The van der Waals surface area contributed by atoms with Crippen LogP contribution < -0.4 is 5.73 Å². The Morgan fingerprint density at radius 2 is 1.86 bits per heavy atom. The summed E-state index contributed by atoms with van der Waals surface area (Å²) in [4.78, 5) is 0. The standard InChI is InChI=1S/C11H17NO2/c1-6-4-9(7(2)5-12)11(14)10(13)8(6)3/h4,7,13-14H,5,12H2,1-3H3. The maximum absolute atomic E-state index is 9.70. The molecule has 0 aliphatic rings. The van der Waals surface area contributed by atoms with Gasteiger partial charge in [0.05, 0.1) is 0 Å². The molecule has 14 heavy (non-hydrogen) atoms. The normalized spacial score (nSPS) is 12.9. The second-order valence-electron chi connectivity index (χ2n) is 3.74. The van der Waals surface area contributed by atoms with E-state index in [0.717, 1.165) is 11.1 Å². The fourth-order valence-corrected chi connectivity index (χ4v) is 1.41. The molecule has 0 amide bonds. The van der Waals surface area contributed by atoms with Gasteiger partial charge in [0.25, 0.3) is 0 Å². The summed E-state index contributed by atoms with van der Waals surface area (Å²) in [6, 6.07) is 1.88. The van der Waals surface area contributed by atoms with E-state index < -0.39 is 0 Å². The van der Waals surface area contributed by atoms with E-state index in [4.69, 9.17) is 5.73 Å². The Labute approximate surface area is 84.2 Å². The lowest BCUT2D eigenvalue weighted by Crippen LogP contribution is -2.09. The van der Waals surface area contributed by atoms with Crippen LogP contribution in [-0.4, -0.2) is 16.8 Å². The van der Waals surface area contributed by atoms with Gasteiger partial charge >= 0.3 is 0 Å². The lowest BCUT2D eigenvalue weighted by atomic mass is 9.95. The van der Waals surface area contributed by atoms with E-state index in [1.165, 1.54) is 0 Å². The molecule has 0 spiro atoms. The van der Waals surface area contributed by atoms with Gasteiger partial charge < -0.3 is 15.9 Å². The number of phenolic OH excluding ortho intramolecular Hbond substituents is 2. The van der Waals surface area contributed by atoms with Gasteiger partial charge in [-0.3, -0.25) is 0 Å². The molecular weight excluding hydrogens is 178 g/mol. The minimum Gasteiger partial charge on any atom is -0.504 e. The van der Waals surface area contributed by atoms with Gasteiger partial charge in [-0.25, -0.2) is 0 Å². The van der Waals surface area contributed by atoms with Crippen LogP contribution in [0.25, 0.3) is 0 Å². The van der Waals surface area contributed by atoms with Crippen LogP contribution in [-0.2, 0) is 0 Å². The third-order valence-electron chi connectivity index (χ3n) is 2.70. The zero-order chi connectivity index (χ0) is 10.9.